The summed E-state index contributed by atoms with van der Waals surface area (Å²) in [4.78, 5) is 38.6. The van der Waals surface area contributed by atoms with Gasteiger partial charge in [-0.2, -0.15) is 0 Å². The van der Waals surface area contributed by atoms with Gasteiger partial charge < -0.3 is 4.74 Å². The van der Waals surface area contributed by atoms with Crippen LogP contribution in [0.3, 0.4) is 0 Å². The van der Waals surface area contributed by atoms with Crippen molar-refractivity contribution in [2.45, 2.75) is 13.5 Å². The van der Waals surface area contributed by atoms with Gasteiger partial charge in [0.05, 0.1) is 36.1 Å². The number of amides is 2. The normalized spacial score (nSPS) is 13.6. The van der Waals surface area contributed by atoms with Gasteiger partial charge >= 0.3 is 5.97 Å². The lowest BCUT2D eigenvalue weighted by atomic mass is 10.1. The third-order valence-corrected chi connectivity index (χ3v) is 5.49. The van der Waals surface area contributed by atoms with E-state index in [-0.39, 0.29) is 23.7 Å². The van der Waals surface area contributed by atoms with E-state index >= 15 is 0 Å². The molecule has 0 spiro atoms. The number of carbonyl (C=O) groups is 3. The lowest BCUT2D eigenvalue weighted by Gasteiger charge is -2.12. The Labute approximate surface area is 159 Å². The average molecular weight is 408 g/mol. The van der Waals surface area contributed by atoms with Gasteiger partial charge in [-0.3, -0.25) is 19.2 Å². The summed E-state index contributed by atoms with van der Waals surface area (Å²) in [5, 5.41) is 0.0857. The summed E-state index contributed by atoms with van der Waals surface area (Å²) in [6.45, 7) is 1.68. The quantitative estimate of drug-likeness (QED) is 0.579. The number of ether oxygens (including phenoxy) is 1. The van der Waals surface area contributed by atoms with E-state index in [1.54, 1.807) is 31.2 Å². The van der Waals surface area contributed by atoms with Crippen molar-refractivity contribution in [2.75, 3.05) is 17.6 Å². The zero-order valence-electron chi connectivity index (χ0n) is 14.5. The fourth-order valence-electron chi connectivity index (χ4n) is 2.66. The maximum absolute atomic E-state index is 12.5. The maximum Gasteiger partial charge on any atom is 0.341 e. The number of fused-ring (bicyclic) bond motifs is 1. The highest BCUT2D eigenvalue weighted by Gasteiger charge is 2.35. The minimum absolute atomic E-state index is 0.0406. The summed E-state index contributed by atoms with van der Waals surface area (Å²) in [5.41, 5.74) is 0.678. The molecule has 8 nitrogen and oxygen atoms in total. The van der Waals surface area contributed by atoms with Gasteiger partial charge in [0, 0.05) is 4.88 Å². The smallest absolute Gasteiger partial charge is 0.341 e. The van der Waals surface area contributed by atoms with Crippen LogP contribution < -0.4 is 4.72 Å². The molecule has 2 amide bonds. The number of anilines is 1. The Kier molecular flexibility index (Phi) is 5.03. The molecule has 27 heavy (non-hydrogen) atoms. The molecule has 0 atom stereocenters. The van der Waals surface area contributed by atoms with Crippen LogP contribution in [0.25, 0.3) is 0 Å². The molecular weight excluding hydrogens is 392 g/mol. The van der Waals surface area contributed by atoms with E-state index in [9.17, 15) is 22.8 Å². The minimum Gasteiger partial charge on any atom is -0.462 e. The number of nitrogens with zero attached hydrogens (tertiary/aromatic N) is 1. The van der Waals surface area contributed by atoms with E-state index in [1.165, 1.54) is 6.07 Å². The van der Waals surface area contributed by atoms with Crippen molar-refractivity contribution in [3.05, 3.63) is 51.9 Å². The molecular formula is C17H16N2O6S2. The number of hydrogen-bond donors (Lipinski definition) is 1. The molecule has 1 aliphatic heterocycles. The van der Waals surface area contributed by atoms with Crippen molar-refractivity contribution in [3.8, 4) is 0 Å². The van der Waals surface area contributed by atoms with Crippen LogP contribution in [0.4, 0.5) is 5.00 Å². The third kappa shape index (κ3) is 3.86. The number of imide groups is 1. The first-order chi connectivity index (χ1) is 12.7. The summed E-state index contributed by atoms with van der Waals surface area (Å²) in [6.07, 6.45) is 0.964. The highest BCUT2D eigenvalue weighted by atomic mass is 32.2. The highest BCUT2D eigenvalue weighted by molar-refractivity contribution is 7.92. The van der Waals surface area contributed by atoms with Crippen LogP contribution in [0.15, 0.2) is 30.3 Å². The zero-order valence-corrected chi connectivity index (χ0v) is 16.1. The largest absolute Gasteiger partial charge is 0.462 e. The van der Waals surface area contributed by atoms with Crippen LogP contribution >= 0.6 is 11.3 Å². The first-order valence-corrected chi connectivity index (χ1v) is 10.6. The second-order valence-electron chi connectivity index (χ2n) is 5.79. The van der Waals surface area contributed by atoms with Crippen LogP contribution in [-0.4, -0.2) is 44.0 Å². The fourth-order valence-corrected chi connectivity index (χ4v) is 4.62. The molecule has 1 aromatic carbocycles. The van der Waals surface area contributed by atoms with Crippen LogP contribution in [0.2, 0.25) is 0 Å². The van der Waals surface area contributed by atoms with Crippen molar-refractivity contribution in [1.82, 2.24) is 4.90 Å². The third-order valence-electron chi connectivity index (χ3n) is 3.75. The predicted octanol–water partition coefficient (Wildman–Crippen LogP) is 2.09. The summed E-state index contributed by atoms with van der Waals surface area (Å²) < 4.78 is 30.3. The molecule has 0 unspecified atom stereocenters. The lowest BCUT2D eigenvalue weighted by Crippen LogP contribution is -2.28. The second kappa shape index (κ2) is 7.12. The van der Waals surface area contributed by atoms with Gasteiger partial charge in [0.15, 0.2) is 0 Å². The Morgan fingerprint density at radius 3 is 2.30 bits per heavy atom. The number of rotatable bonds is 6. The molecule has 2 aromatic rings. The monoisotopic (exact) mass is 408 g/mol. The molecule has 2 heterocycles. The van der Waals surface area contributed by atoms with Gasteiger partial charge in [0.1, 0.15) is 5.00 Å². The van der Waals surface area contributed by atoms with E-state index in [2.05, 4.69) is 4.72 Å². The van der Waals surface area contributed by atoms with E-state index < -0.39 is 27.8 Å². The first-order valence-electron chi connectivity index (χ1n) is 7.94. The molecule has 10 heteroatoms. The minimum atomic E-state index is -3.62. The molecule has 1 N–H and O–H groups in total. The Balaban J connectivity index is 1.92. The van der Waals surface area contributed by atoms with E-state index in [0.29, 0.717) is 16.0 Å². The van der Waals surface area contributed by atoms with Crippen LogP contribution in [0.5, 0.6) is 0 Å². The first kappa shape index (κ1) is 19.1. The SMILES string of the molecule is CCOC(=O)c1cc(CN2C(=O)c3ccccc3C2=O)sc1NS(C)(=O)=O. The number of benzene rings is 1. The van der Waals surface area contributed by atoms with Crippen molar-refractivity contribution in [1.29, 1.82) is 0 Å². The Hall–Kier alpha value is -2.72. The van der Waals surface area contributed by atoms with Crippen molar-refractivity contribution in [3.63, 3.8) is 0 Å². The van der Waals surface area contributed by atoms with E-state index in [0.717, 1.165) is 22.5 Å². The molecule has 0 bridgehead atoms. The molecule has 0 aliphatic carbocycles. The number of nitrogens with one attached hydrogen (secondary N) is 1. The van der Waals surface area contributed by atoms with E-state index in [4.69, 9.17) is 4.74 Å². The van der Waals surface area contributed by atoms with Crippen LogP contribution in [0.1, 0.15) is 42.9 Å². The Morgan fingerprint density at radius 1 is 1.19 bits per heavy atom. The number of hydrogen-bond acceptors (Lipinski definition) is 7. The molecule has 0 fully saturated rings. The van der Waals surface area contributed by atoms with Crippen LogP contribution in [-0.2, 0) is 21.3 Å². The molecule has 0 saturated carbocycles. The molecule has 0 radical (unpaired) electrons. The number of sulfonamides is 1. The van der Waals surface area contributed by atoms with Crippen LogP contribution in [0, 0.1) is 0 Å². The van der Waals surface area contributed by atoms with Crippen molar-refractivity contribution >= 4 is 44.1 Å². The van der Waals surface area contributed by atoms with Crippen molar-refractivity contribution < 1.29 is 27.5 Å². The highest BCUT2D eigenvalue weighted by Crippen LogP contribution is 2.32. The molecule has 142 valence electrons. The van der Waals surface area contributed by atoms with Gasteiger partial charge in [0.25, 0.3) is 11.8 Å². The summed E-state index contributed by atoms with van der Waals surface area (Å²) in [6, 6.07) is 7.92. The molecule has 1 aliphatic rings. The maximum atomic E-state index is 12.5. The van der Waals surface area contributed by atoms with Gasteiger partial charge in [-0.25, -0.2) is 13.2 Å². The summed E-state index contributed by atoms with van der Waals surface area (Å²) >= 11 is 0.973. The van der Waals surface area contributed by atoms with Gasteiger partial charge in [-0.05, 0) is 25.1 Å². The van der Waals surface area contributed by atoms with Gasteiger partial charge in [-0.1, -0.05) is 12.1 Å². The fraction of sp³-hybridized carbons (Fsp3) is 0.235. The molecule has 1 aromatic heterocycles. The second-order valence-corrected chi connectivity index (χ2v) is 8.68. The Morgan fingerprint density at radius 2 is 1.78 bits per heavy atom. The van der Waals surface area contributed by atoms with E-state index in [1.807, 2.05) is 0 Å². The summed E-state index contributed by atoms with van der Waals surface area (Å²) in [7, 11) is -3.62. The molecule has 0 saturated heterocycles. The van der Waals surface area contributed by atoms with Gasteiger partial charge in [-0.15, -0.1) is 11.3 Å². The predicted molar refractivity (Wildman–Crippen MR) is 99.4 cm³/mol. The van der Waals surface area contributed by atoms with Gasteiger partial charge in [0.2, 0.25) is 10.0 Å². The Bertz CT molecular complexity index is 1010. The lowest BCUT2D eigenvalue weighted by molar-refractivity contribution is 0.0527. The average Bonchev–Trinajstić information content (AvgIpc) is 3.09. The summed E-state index contributed by atoms with van der Waals surface area (Å²) in [5.74, 6) is -1.55. The number of thiophene rings is 1. The number of esters is 1. The van der Waals surface area contributed by atoms with Crippen molar-refractivity contribution in [2.24, 2.45) is 0 Å². The number of carbonyl (C=O) groups excluding carboxylic acids is 3. The molecule has 3 rings (SSSR count). The standard InChI is InChI=1S/C17H16N2O6S2/c1-3-25-17(22)13-8-10(26-14(13)18-27(2,23)24)9-19-15(20)11-6-4-5-7-12(11)16(19)21/h4-8,18H,3,9H2,1-2H3. The topological polar surface area (TPSA) is 110 Å². The zero-order chi connectivity index (χ0) is 19.8.